The molecule has 0 bridgehead atoms. The normalized spacial score (nSPS) is 19.2. The summed E-state index contributed by atoms with van der Waals surface area (Å²) in [6.45, 7) is 1.43. The molecule has 1 aromatic heterocycles. The van der Waals surface area contributed by atoms with Gasteiger partial charge in [-0.05, 0) is 18.9 Å². The molecule has 0 radical (unpaired) electrons. The fraction of sp³-hybridized carbons (Fsp3) is 0.538. The molecule has 1 amide bonds. The van der Waals surface area contributed by atoms with Crippen molar-refractivity contribution in [2.45, 2.75) is 25.4 Å². The van der Waals surface area contributed by atoms with Crippen LogP contribution in [0.5, 0.6) is 0 Å². The first kappa shape index (κ1) is 12.8. The van der Waals surface area contributed by atoms with E-state index in [2.05, 4.69) is 0 Å². The number of carbonyl (C=O) groups excluding carboxylic acids is 1. The smallest absolute Gasteiger partial charge is 0.250 e. The molecule has 2 heterocycles. The summed E-state index contributed by atoms with van der Waals surface area (Å²) in [7, 11) is 1.64. The summed E-state index contributed by atoms with van der Waals surface area (Å²) in [4.78, 5) is 25.5. The second-order valence-electron chi connectivity index (χ2n) is 4.51. The van der Waals surface area contributed by atoms with Crippen LogP contribution in [0.4, 0.5) is 0 Å². The second kappa shape index (κ2) is 5.82. The summed E-state index contributed by atoms with van der Waals surface area (Å²) in [5.41, 5.74) is -0.145. The molecule has 2 rings (SSSR count). The monoisotopic (exact) mass is 250 g/mol. The van der Waals surface area contributed by atoms with Gasteiger partial charge in [-0.15, -0.1) is 0 Å². The number of amides is 1. The van der Waals surface area contributed by atoms with Gasteiger partial charge in [0.05, 0.1) is 12.6 Å². The molecule has 0 spiro atoms. The van der Waals surface area contributed by atoms with E-state index in [9.17, 15) is 9.59 Å². The zero-order valence-electron chi connectivity index (χ0n) is 10.5. The van der Waals surface area contributed by atoms with Crippen LogP contribution < -0.4 is 5.56 Å². The SMILES string of the molecule is COC[C@H]1CCCN1C(=O)Cn1ccccc1=O. The molecule has 1 saturated heterocycles. The highest BCUT2D eigenvalue weighted by molar-refractivity contribution is 5.76. The predicted molar refractivity (Wildman–Crippen MR) is 67.3 cm³/mol. The molecule has 0 aromatic carbocycles. The molecule has 1 atom stereocenters. The molecule has 5 nitrogen and oxygen atoms in total. The molecule has 18 heavy (non-hydrogen) atoms. The Morgan fingerprint density at radius 1 is 1.50 bits per heavy atom. The fourth-order valence-corrected chi connectivity index (χ4v) is 2.36. The van der Waals surface area contributed by atoms with Gasteiger partial charge in [0.2, 0.25) is 5.91 Å². The van der Waals surface area contributed by atoms with Crippen molar-refractivity contribution in [3.8, 4) is 0 Å². The quantitative estimate of drug-likeness (QED) is 0.781. The number of methoxy groups -OCH3 is 1. The zero-order valence-corrected chi connectivity index (χ0v) is 10.5. The van der Waals surface area contributed by atoms with Crippen molar-refractivity contribution < 1.29 is 9.53 Å². The number of pyridine rings is 1. The first-order valence-corrected chi connectivity index (χ1v) is 6.16. The number of nitrogens with zero attached hydrogens (tertiary/aromatic N) is 2. The molecule has 1 aliphatic rings. The first-order chi connectivity index (χ1) is 8.72. The maximum absolute atomic E-state index is 12.2. The summed E-state index contributed by atoms with van der Waals surface area (Å²) in [5.74, 6) is -0.0112. The van der Waals surface area contributed by atoms with E-state index in [1.54, 1.807) is 25.4 Å². The van der Waals surface area contributed by atoms with Crippen molar-refractivity contribution >= 4 is 5.91 Å². The van der Waals surface area contributed by atoms with Gasteiger partial charge < -0.3 is 14.2 Å². The van der Waals surface area contributed by atoms with E-state index in [4.69, 9.17) is 4.74 Å². The minimum Gasteiger partial charge on any atom is -0.383 e. The topological polar surface area (TPSA) is 51.5 Å². The molecular formula is C13H18N2O3. The van der Waals surface area contributed by atoms with Crippen LogP contribution in [0.15, 0.2) is 29.2 Å². The van der Waals surface area contributed by atoms with Crippen LogP contribution in [0, 0.1) is 0 Å². The van der Waals surface area contributed by atoms with Crippen molar-refractivity contribution in [1.29, 1.82) is 0 Å². The Labute approximate surface area is 106 Å². The summed E-state index contributed by atoms with van der Waals surface area (Å²) in [5, 5.41) is 0. The third kappa shape index (κ3) is 2.79. The molecule has 1 aromatic rings. The minimum absolute atomic E-state index is 0.0112. The molecule has 0 saturated carbocycles. The summed E-state index contributed by atoms with van der Waals surface area (Å²) in [6, 6.07) is 5.05. The van der Waals surface area contributed by atoms with Crippen molar-refractivity contribution in [2.75, 3.05) is 20.3 Å². The van der Waals surface area contributed by atoms with E-state index in [0.717, 1.165) is 19.4 Å². The average molecular weight is 250 g/mol. The zero-order chi connectivity index (χ0) is 13.0. The average Bonchev–Trinajstić information content (AvgIpc) is 2.81. The highest BCUT2D eigenvalue weighted by Gasteiger charge is 2.28. The van der Waals surface area contributed by atoms with E-state index >= 15 is 0 Å². The lowest BCUT2D eigenvalue weighted by molar-refractivity contribution is -0.133. The van der Waals surface area contributed by atoms with Crippen molar-refractivity contribution in [1.82, 2.24) is 9.47 Å². The molecular weight excluding hydrogens is 232 g/mol. The van der Waals surface area contributed by atoms with E-state index in [-0.39, 0.29) is 24.1 Å². The molecule has 1 fully saturated rings. The number of likely N-dealkylation sites (tertiary alicyclic amines) is 1. The lowest BCUT2D eigenvalue weighted by atomic mass is 10.2. The van der Waals surface area contributed by atoms with Crippen molar-refractivity contribution in [3.05, 3.63) is 34.7 Å². The van der Waals surface area contributed by atoms with E-state index in [1.807, 2.05) is 4.90 Å². The number of ether oxygens (including phenoxy) is 1. The molecule has 0 unspecified atom stereocenters. The Morgan fingerprint density at radius 3 is 3.06 bits per heavy atom. The summed E-state index contributed by atoms with van der Waals surface area (Å²) in [6.07, 6.45) is 3.62. The van der Waals surface area contributed by atoms with Crippen LogP contribution in [0.3, 0.4) is 0 Å². The van der Waals surface area contributed by atoms with Gasteiger partial charge in [-0.1, -0.05) is 6.07 Å². The van der Waals surface area contributed by atoms with E-state index in [0.29, 0.717) is 6.61 Å². The number of carbonyl (C=O) groups is 1. The third-order valence-electron chi connectivity index (χ3n) is 3.26. The lowest BCUT2D eigenvalue weighted by Crippen LogP contribution is -2.41. The number of hydrogen-bond donors (Lipinski definition) is 0. The standard InChI is InChI=1S/C13H18N2O3/c1-18-10-11-5-4-8-15(11)13(17)9-14-7-3-2-6-12(14)16/h2-3,6-7,11H,4-5,8-10H2,1H3/t11-/m1/s1. The van der Waals surface area contributed by atoms with Gasteiger partial charge in [0.1, 0.15) is 6.54 Å². The van der Waals surface area contributed by atoms with Gasteiger partial charge in [0, 0.05) is 25.9 Å². The van der Waals surface area contributed by atoms with Gasteiger partial charge in [-0.2, -0.15) is 0 Å². The fourth-order valence-electron chi connectivity index (χ4n) is 2.36. The number of hydrogen-bond acceptors (Lipinski definition) is 3. The van der Waals surface area contributed by atoms with Crippen LogP contribution >= 0.6 is 0 Å². The Hall–Kier alpha value is -1.62. The highest BCUT2D eigenvalue weighted by Crippen LogP contribution is 2.17. The van der Waals surface area contributed by atoms with Crippen LogP contribution in [0.2, 0.25) is 0 Å². The van der Waals surface area contributed by atoms with Crippen molar-refractivity contribution in [3.63, 3.8) is 0 Å². The maximum Gasteiger partial charge on any atom is 0.250 e. The van der Waals surface area contributed by atoms with Crippen LogP contribution in [0.1, 0.15) is 12.8 Å². The van der Waals surface area contributed by atoms with Crippen LogP contribution in [-0.2, 0) is 16.1 Å². The predicted octanol–water partition coefficient (Wildman–Crippen LogP) is 0.486. The number of aromatic nitrogens is 1. The minimum atomic E-state index is -0.145. The van der Waals surface area contributed by atoms with E-state index < -0.39 is 0 Å². The molecule has 5 heteroatoms. The Morgan fingerprint density at radius 2 is 2.33 bits per heavy atom. The van der Waals surface area contributed by atoms with Gasteiger partial charge in [-0.25, -0.2) is 0 Å². The van der Waals surface area contributed by atoms with Gasteiger partial charge in [0.15, 0.2) is 0 Å². The molecule has 1 aliphatic heterocycles. The lowest BCUT2D eigenvalue weighted by Gasteiger charge is -2.24. The Balaban J connectivity index is 2.04. The van der Waals surface area contributed by atoms with Gasteiger partial charge in [0.25, 0.3) is 5.56 Å². The maximum atomic E-state index is 12.2. The van der Waals surface area contributed by atoms with Gasteiger partial charge in [-0.3, -0.25) is 9.59 Å². The van der Waals surface area contributed by atoms with E-state index in [1.165, 1.54) is 10.6 Å². The largest absolute Gasteiger partial charge is 0.383 e. The van der Waals surface area contributed by atoms with Crippen molar-refractivity contribution in [2.24, 2.45) is 0 Å². The first-order valence-electron chi connectivity index (χ1n) is 6.16. The number of rotatable bonds is 4. The summed E-state index contributed by atoms with van der Waals surface area (Å²) < 4.78 is 6.55. The second-order valence-corrected chi connectivity index (χ2v) is 4.51. The molecule has 98 valence electrons. The summed E-state index contributed by atoms with van der Waals surface area (Å²) >= 11 is 0. The van der Waals surface area contributed by atoms with Crippen LogP contribution in [0.25, 0.3) is 0 Å². The third-order valence-corrected chi connectivity index (χ3v) is 3.26. The molecule has 0 N–H and O–H groups in total. The van der Waals surface area contributed by atoms with Crippen LogP contribution in [-0.4, -0.2) is 41.7 Å². The van der Waals surface area contributed by atoms with Gasteiger partial charge >= 0.3 is 0 Å². The Kier molecular flexibility index (Phi) is 4.15. The molecule has 0 aliphatic carbocycles. The highest BCUT2D eigenvalue weighted by atomic mass is 16.5. The Bertz CT molecular complexity index is 469.